The van der Waals surface area contributed by atoms with E-state index in [0.717, 1.165) is 33.9 Å². The Bertz CT molecular complexity index is 1440. The molecule has 6 heteroatoms. The lowest BCUT2D eigenvalue weighted by molar-refractivity contribution is -0.136. The number of carboxylic acid groups (broad SMARTS) is 1. The number of nitrogens with two attached hydrogens (primary N) is 1. The third kappa shape index (κ3) is 4.28. The van der Waals surface area contributed by atoms with Crippen molar-refractivity contribution in [2.24, 2.45) is 5.41 Å². The molecule has 4 aromatic rings. The van der Waals surface area contributed by atoms with Gasteiger partial charge in [0.1, 0.15) is 23.4 Å². The van der Waals surface area contributed by atoms with Crippen LogP contribution in [-0.4, -0.2) is 23.2 Å². The molecule has 1 unspecified atom stereocenters. The largest absolute Gasteiger partial charge is 0.497 e. The van der Waals surface area contributed by atoms with Crippen molar-refractivity contribution < 1.29 is 19.4 Å². The Hall–Kier alpha value is -4.06. The van der Waals surface area contributed by atoms with E-state index in [1.165, 1.54) is 5.56 Å². The maximum atomic E-state index is 11.5. The molecule has 0 amide bonds. The van der Waals surface area contributed by atoms with Crippen LogP contribution in [0.3, 0.4) is 0 Å². The Kier molecular flexibility index (Phi) is 5.59. The summed E-state index contributed by atoms with van der Waals surface area (Å²) in [6.45, 7) is 4.35. The zero-order chi connectivity index (χ0) is 24.7. The lowest BCUT2D eigenvalue weighted by atomic mass is 9.87. The molecule has 1 aromatic heterocycles. The summed E-state index contributed by atoms with van der Waals surface area (Å²) in [5.74, 6) is 0.768. The van der Waals surface area contributed by atoms with Gasteiger partial charge < -0.3 is 20.3 Å². The molecule has 0 fully saturated rings. The summed E-state index contributed by atoms with van der Waals surface area (Å²) in [5, 5.41) is 11.4. The first kappa shape index (κ1) is 22.7. The van der Waals surface area contributed by atoms with Crippen LogP contribution in [-0.2, 0) is 17.6 Å². The molecule has 0 bridgehead atoms. The van der Waals surface area contributed by atoms with Gasteiger partial charge in [-0.25, -0.2) is 4.98 Å². The number of hydrogen-bond acceptors (Lipinski definition) is 5. The number of ether oxygens (including phenoxy) is 2. The molecule has 3 N–H and O–H groups in total. The van der Waals surface area contributed by atoms with Crippen LogP contribution in [0.15, 0.2) is 66.9 Å². The highest BCUT2D eigenvalue weighted by molar-refractivity contribution is 5.94. The smallest absolute Gasteiger partial charge is 0.307 e. The minimum atomic E-state index is -0.904. The van der Waals surface area contributed by atoms with Gasteiger partial charge in [-0.2, -0.15) is 0 Å². The molecule has 35 heavy (non-hydrogen) atoms. The average Bonchev–Trinajstić information content (AvgIpc) is 3.08. The van der Waals surface area contributed by atoms with E-state index >= 15 is 0 Å². The van der Waals surface area contributed by atoms with Gasteiger partial charge in [-0.05, 0) is 58.3 Å². The number of benzene rings is 3. The third-order valence-corrected chi connectivity index (χ3v) is 6.78. The fourth-order valence-corrected chi connectivity index (χ4v) is 4.98. The van der Waals surface area contributed by atoms with Crippen LogP contribution in [0.5, 0.6) is 11.5 Å². The first-order chi connectivity index (χ1) is 16.7. The fourth-order valence-electron chi connectivity index (χ4n) is 4.98. The van der Waals surface area contributed by atoms with Crippen molar-refractivity contribution in [3.05, 3.63) is 83.6 Å². The van der Waals surface area contributed by atoms with E-state index in [2.05, 4.69) is 55.2 Å². The quantitative estimate of drug-likeness (QED) is 0.370. The van der Waals surface area contributed by atoms with Gasteiger partial charge in [0, 0.05) is 28.6 Å². The van der Waals surface area contributed by atoms with E-state index < -0.39 is 5.97 Å². The number of aliphatic carboxylic acids is 1. The summed E-state index contributed by atoms with van der Waals surface area (Å²) in [6, 6.07) is 19.9. The van der Waals surface area contributed by atoms with E-state index in [1.807, 2.05) is 6.07 Å². The number of nitrogens with zero attached hydrogens (tertiary/aromatic N) is 1. The highest BCUT2D eigenvalue weighted by atomic mass is 16.5. The van der Waals surface area contributed by atoms with Gasteiger partial charge in [-0.3, -0.25) is 4.79 Å². The predicted molar refractivity (Wildman–Crippen MR) is 137 cm³/mol. The lowest BCUT2D eigenvalue weighted by Crippen LogP contribution is -2.23. The van der Waals surface area contributed by atoms with Crippen LogP contribution >= 0.6 is 0 Å². The summed E-state index contributed by atoms with van der Waals surface area (Å²) < 4.78 is 12.0. The number of aromatic nitrogens is 1. The second-order valence-electron chi connectivity index (χ2n) is 9.75. The van der Waals surface area contributed by atoms with Gasteiger partial charge >= 0.3 is 5.97 Å². The molecule has 1 atom stereocenters. The summed E-state index contributed by atoms with van der Waals surface area (Å²) in [6.07, 6.45) is 2.21. The van der Waals surface area contributed by atoms with Crippen LogP contribution in [0.2, 0.25) is 0 Å². The topological polar surface area (TPSA) is 94.7 Å². The number of anilines is 1. The second-order valence-corrected chi connectivity index (χ2v) is 9.75. The molecule has 0 saturated heterocycles. The summed E-state index contributed by atoms with van der Waals surface area (Å²) >= 11 is 0. The summed E-state index contributed by atoms with van der Waals surface area (Å²) in [4.78, 5) is 15.7. The van der Waals surface area contributed by atoms with E-state index in [4.69, 9.17) is 15.2 Å². The van der Waals surface area contributed by atoms with Crippen LogP contribution < -0.4 is 15.2 Å². The van der Waals surface area contributed by atoms with Crippen LogP contribution in [0.4, 0.5) is 5.82 Å². The van der Waals surface area contributed by atoms with Crippen molar-refractivity contribution >= 4 is 22.6 Å². The maximum Gasteiger partial charge on any atom is 0.307 e. The van der Waals surface area contributed by atoms with Crippen molar-refractivity contribution in [1.29, 1.82) is 0 Å². The monoisotopic (exact) mass is 468 g/mol. The first-order valence-electron chi connectivity index (χ1n) is 11.6. The molecule has 3 aromatic carbocycles. The standard InChI is InChI=1S/C29H28N2O4/c1-29(2)16-21-7-6-18(19-5-4-17-10-11-31-28(30)24(17)13-19)12-23(21)27(29)35-25-15-22(34-3)9-8-20(25)14-26(32)33/h4-13,15,27H,14,16H2,1-3H3,(H2,30,31)(H,32,33). The number of fused-ring (bicyclic) bond motifs is 2. The number of pyridine rings is 1. The molecule has 1 aliphatic rings. The van der Waals surface area contributed by atoms with Gasteiger partial charge in [0.05, 0.1) is 13.5 Å². The summed E-state index contributed by atoms with van der Waals surface area (Å²) in [5.41, 5.74) is 11.0. The third-order valence-electron chi connectivity index (χ3n) is 6.78. The minimum Gasteiger partial charge on any atom is -0.497 e. The highest BCUT2D eigenvalue weighted by Gasteiger charge is 2.41. The number of methoxy groups -OCH3 is 1. The molecule has 0 radical (unpaired) electrons. The molecule has 5 rings (SSSR count). The average molecular weight is 469 g/mol. The Balaban J connectivity index is 1.56. The van der Waals surface area contributed by atoms with Gasteiger partial charge in [0.2, 0.25) is 0 Å². The number of carboxylic acids is 1. The number of hydrogen-bond donors (Lipinski definition) is 2. The van der Waals surface area contributed by atoms with Crippen molar-refractivity contribution in [3.8, 4) is 22.6 Å². The predicted octanol–water partition coefficient (Wildman–Crippen LogP) is 5.82. The molecule has 0 aliphatic heterocycles. The first-order valence-corrected chi connectivity index (χ1v) is 11.6. The zero-order valence-corrected chi connectivity index (χ0v) is 20.0. The SMILES string of the molecule is COc1ccc(CC(=O)O)c(OC2c3cc(-c4ccc5ccnc(N)c5c4)ccc3CC2(C)C)c1. The summed E-state index contributed by atoms with van der Waals surface area (Å²) in [7, 11) is 1.59. The number of nitrogen functional groups attached to an aromatic ring is 1. The second kappa shape index (κ2) is 8.62. The van der Waals surface area contributed by atoms with Crippen molar-refractivity contribution in [2.45, 2.75) is 32.8 Å². The molecule has 1 heterocycles. The molecule has 0 saturated carbocycles. The lowest BCUT2D eigenvalue weighted by Gasteiger charge is -2.29. The normalized spacial score (nSPS) is 16.1. The van der Waals surface area contributed by atoms with Crippen LogP contribution in [0.1, 0.15) is 36.6 Å². The highest BCUT2D eigenvalue weighted by Crippen LogP contribution is 2.49. The molecular weight excluding hydrogens is 440 g/mol. The van der Waals surface area contributed by atoms with E-state index in [9.17, 15) is 9.90 Å². The number of rotatable bonds is 6. The van der Waals surface area contributed by atoms with Gasteiger partial charge in [-0.1, -0.05) is 44.2 Å². The van der Waals surface area contributed by atoms with E-state index in [-0.39, 0.29) is 17.9 Å². The Morgan fingerprint density at radius 3 is 2.63 bits per heavy atom. The molecule has 6 nitrogen and oxygen atoms in total. The minimum absolute atomic E-state index is 0.119. The Labute approximate surface area is 204 Å². The Morgan fingerprint density at radius 1 is 1.09 bits per heavy atom. The van der Waals surface area contributed by atoms with Crippen LogP contribution in [0, 0.1) is 5.41 Å². The van der Waals surface area contributed by atoms with Gasteiger partial charge in [0.15, 0.2) is 0 Å². The van der Waals surface area contributed by atoms with Crippen LogP contribution in [0.25, 0.3) is 21.9 Å². The van der Waals surface area contributed by atoms with Crippen molar-refractivity contribution in [3.63, 3.8) is 0 Å². The van der Waals surface area contributed by atoms with Gasteiger partial charge in [-0.15, -0.1) is 0 Å². The van der Waals surface area contributed by atoms with E-state index in [1.54, 1.807) is 31.5 Å². The van der Waals surface area contributed by atoms with Crippen molar-refractivity contribution in [2.75, 3.05) is 12.8 Å². The molecule has 1 aliphatic carbocycles. The Morgan fingerprint density at radius 2 is 1.86 bits per heavy atom. The molecular formula is C29H28N2O4. The molecule has 178 valence electrons. The van der Waals surface area contributed by atoms with E-state index in [0.29, 0.717) is 22.9 Å². The van der Waals surface area contributed by atoms with Gasteiger partial charge in [0.25, 0.3) is 0 Å². The van der Waals surface area contributed by atoms with Crippen molar-refractivity contribution in [1.82, 2.24) is 4.98 Å². The zero-order valence-electron chi connectivity index (χ0n) is 20.0. The number of carbonyl (C=O) groups is 1. The fraction of sp³-hybridized carbons (Fsp3) is 0.241. The maximum absolute atomic E-state index is 11.5. The molecule has 0 spiro atoms.